The SMILES string of the molecule is COc1ccc([C@@H](CC(=O)O)NC(=O)OCc2ccccc2)cc1OC. The van der Waals surface area contributed by atoms with Gasteiger partial charge in [-0.15, -0.1) is 0 Å². The van der Waals surface area contributed by atoms with Crippen molar-refractivity contribution in [2.45, 2.75) is 19.1 Å². The maximum atomic E-state index is 12.1. The number of carboxylic acid groups (broad SMARTS) is 1. The Morgan fingerprint density at radius 3 is 2.35 bits per heavy atom. The Kier molecular flexibility index (Phi) is 6.84. The first kappa shape index (κ1) is 19.1. The van der Waals surface area contributed by atoms with Crippen molar-refractivity contribution < 1.29 is 28.9 Å². The van der Waals surface area contributed by atoms with E-state index in [9.17, 15) is 9.59 Å². The van der Waals surface area contributed by atoms with Gasteiger partial charge in [0.05, 0.1) is 26.7 Å². The highest BCUT2D eigenvalue weighted by Crippen LogP contribution is 2.31. The van der Waals surface area contributed by atoms with Crippen molar-refractivity contribution in [3.63, 3.8) is 0 Å². The average Bonchev–Trinajstić information content (AvgIpc) is 2.65. The summed E-state index contributed by atoms with van der Waals surface area (Å²) in [6.45, 7) is 0.0956. The molecule has 26 heavy (non-hydrogen) atoms. The Bertz CT molecular complexity index is 747. The van der Waals surface area contributed by atoms with E-state index in [-0.39, 0.29) is 13.0 Å². The lowest BCUT2D eigenvalue weighted by Gasteiger charge is -2.19. The smallest absolute Gasteiger partial charge is 0.407 e. The van der Waals surface area contributed by atoms with Crippen LogP contribution in [0.1, 0.15) is 23.6 Å². The van der Waals surface area contributed by atoms with Gasteiger partial charge in [-0.3, -0.25) is 4.79 Å². The zero-order valence-electron chi connectivity index (χ0n) is 14.6. The second-order valence-corrected chi connectivity index (χ2v) is 5.47. The van der Waals surface area contributed by atoms with Crippen LogP contribution in [0, 0.1) is 0 Å². The highest BCUT2D eigenvalue weighted by Gasteiger charge is 2.20. The van der Waals surface area contributed by atoms with Crippen LogP contribution < -0.4 is 14.8 Å². The summed E-state index contributed by atoms with van der Waals surface area (Å²) < 4.78 is 15.6. The fraction of sp³-hybridized carbons (Fsp3) is 0.263. The summed E-state index contributed by atoms with van der Waals surface area (Å²) in [4.78, 5) is 23.3. The van der Waals surface area contributed by atoms with Gasteiger partial charge in [-0.05, 0) is 23.3 Å². The van der Waals surface area contributed by atoms with E-state index >= 15 is 0 Å². The molecule has 2 N–H and O–H groups in total. The quantitative estimate of drug-likeness (QED) is 0.752. The van der Waals surface area contributed by atoms with Crippen LogP contribution >= 0.6 is 0 Å². The third-order valence-electron chi connectivity index (χ3n) is 3.69. The number of nitrogens with one attached hydrogen (secondary N) is 1. The standard InChI is InChI=1S/C19H21NO6/c1-24-16-9-8-14(10-17(16)25-2)15(11-18(21)22)20-19(23)26-12-13-6-4-3-5-7-13/h3-10,15H,11-12H2,1-2H3,(H,20,23)(H,21,22)/t15-/m1/s1. The van der Waals surface area contributed by atoms with Gasteiger partial charge in [0.25, 0.3) is 0 Å². The van der Waals surface area contributed by atoms with Gasteiger partial charge in [0.15, 0.2) is 11.5 Å². The summed E-state index contributed by atoms with van der Waals surface area (Å²) in [6, 6.07) is 13.4. The minimum Gasteiger partial charge on any atom is -0.493 e. The molecule has 138 valence electrons. The number of aliphatic carboxylic acids is 1. The van der Waals surface area contributed by atoms with Gasteiger partial charge in [-0.25, -0.2) is 4.79 Å². The van der Waals surface area contributed by atoms with Crippen molar-refractivity contribution >= 4 is 12.1 Å². The van der Waals surface area contributed by atoms with Gasteiger partial charge in [-0.2, -0.15) is 0 Å². The number of rotatable bonds is 8. The van der Waals surface area contributed by atoms with E-state index in [0.29, 0.717) is 17.1 Å². The van der Waals surface area contributed by atoms with Crippen molar-refractivity contribution in [3.05, 3.63) is 59.7 Å². The first-order valence-corrected chi connectivity index (χ1v) is 7.94. The number of hydrogen-bond donors (Lipinski definition) is 2. The molecule has 2 rings (SSSR count). The van der Waals surface area contributed by atoms with Crippen molar-refractivity contribution in [1.82, 2.24) is 5.32 Å². The van der Waals surface area contributed by atoms with Crippen LogP contribution in [0.5, 0.6) is 11.5 Å². The predicted octanol–water partition coefficient (Wildman–Crippen LogP) is 3.15. The largest absolute Gasteiger partial charge is 0.493 e. The third-order valence-corrected chi connectivity index (χ3v) is 3.69. The fourth-order valence-electron chi connectivity index (χ4n) is 2.40. The Labute approximate surface area is 151 Å². The molecule has 0 saturated carbocycles. The first-order chi connectivity index (χ1) is 12.5. The summed E-state index contributed by atoms with van der Waals surface area (Å²) in [7, 11) is 2.99. The predicted molar refractivity (Wildman–Crippen MR) is 94.3 cm³/mol. The monoisotopic (exact) mass is 359 g/mol. The maximum absolute atomic E-state index is 12.1. The molecule has 0 radical (unpaired) electrons. The van der Waals surface area contributed by atoms with Crippen molar-refractivity contribution in [1.29, 1.82) is 0 Å². The van der Waals surface area contributed by atoms with Crippen LogP contribution in [0.4, 0.5) is 4.79 Å². The van der Waals surface area contributed by atoms with E-state index in [2.05, 4.69) is 5.32 Å². The van der Waals surface area contributed by atoms with Crippen LogP contribution in [-0.2, 0) is 16.1 Å². The zero-order valence-corrected chi connectivity index (χ0v) is 14.6. The van der Waals surface area contributed by atoms with E-state index in [4.69, 9.17) is 19.3 Å². The van der Waals surface area contributed by atoms with Gasteiger partial charge in [0.1, 0.15) is 6.61 Å². The number of amides is 1. The Morgan fingerprint density at radius 1 is 1.04 bits per heavy atom. The fourth-order valence-corrected chi connectivity index (χ4v) is 2.40. The lowest BCUT2D eigenvalue weighted by molar-refractivity contribution is -0.137. The van der Waals surface area contributed by atoms with E-state index < -0.39 is 18.1 Å². The summed E-state index contributed by atoms with van der Waals surface area (Å²) in [5.41, 5.74) is 1.41. The van der Waals surface area contributed by atoms with E-state index in [1.807, 2.05) is 30.3 Å². The molecule has 0 aliphatic carbocycles. The average molecular weight is 359 g/mol. The topological polar surface area (TPSA) is 94.1 Å². The third kappa shape index (κ3) is 5.41. The van der Waals surface area contributed by atoms with Crippen LogP contribution in [0.2, 0.25) is 0 Å². The van der Waals surface area contributed by atoms with E-state index in [1.54, 1.807) is 18.2 Å². The molecule has 0 unspecified atom stereocenters. The lowest BCUT2D eigenvalue weighted by atomic mass is 10.0. The van der Waals surface area contributed by atoms with Gasteiger partial charge >= 0.3 is 12.1 Å². The molecule has 0 saturated heterocycles. The number of benzene rings is 2. The molecule has 7 heteroatoms. The highest BCUT2D eigenvalue weighted by molar-refractivity contribution is 5.72. The van der Waals surface area contributed by atoms with Gasteiger partial charge < -0.3 is 24.6 Å². The Morgan fingerprint density at radius 2 is 1.73 bits per heavy atom. The Balaban J connectivity index is 2.09. The number of hydrogen-bond acceptors (Lipinski definition) is 5. The van der Waals surface area contributed by atoms with Crippen molar-refractivity contribution in [2.75, 3.05) is 14.2 Å². The van der Waals surface area contributed by atoms with Crippen LogP contribution in [0.25, 0.3) is 0 Å². The van der Waals surface area contributed by atoms with Crippen LogP contribution in [0.3, 0.4) is 0 Å². The number of carbonyl (C=O) groups is 2. The zero-order chi connectivity index (χ0) is 18.9. The summed E-state index contributed by atoms with van der Waals surface area (Å²) in [6.07, 6.45) is -0.995. The van der Waals surface area contributed by atoms with Crippen LogP contribution in [-0.4, -0.2) is 31.4 Å². The van der Waals surface area contributed by atoms with Crippen molar-refractivity contribution in [2.24, 2.45) is 0 Å². The van der Waals surface area contributed by atoms with Gasteiger partial charge in [0.2, 0.25) is 0 Å². The summed E-state index contributed by atoms with van der Waals surface area (Å²) >= 11 is 0. The molecule has 0 aliphatic rings. The van der Waals surface area contributed by atoms with Crippen molar-refractivity contribution in [3.8, 4) is 11.5 Å². The molecule has 0 aliphatic heterocycles. The number of alkyl carbamates (subject to hydrolysis) is 1. The first-order valence-electron chi connectivity index (χ1n) is 7.94. The summed E-state index contributed by atoms with van der Waals surface area (Å²) in [5, 5.41) is 11.7. The second-order valence-electron chi connectivity index (χ2n) is 5.47. The normalized spacial score (nSPS) is 11.3. The molecule has 7 nitrogen and oxygen atoms in total. The molecule has 0 aromatic heterocycles. The van der Waals surface area contributed by atoms with E-state index in [1.165, 1.54) is 14.2 Å². The molecule has 0 fully saturated rings. The van der Waals surface area contributed by atoms with Gasteiger partial charge in [0, 0.05) is 0 Å². The molecule has 0 bridgehead atoms. The molecule has 1 amide bonds. The molecular formula is C19H21NO6. The number of carboxylic acids is 1. The minimum atomic E-state index is -1.05. The molecule has 0 spiro atoms. The second kappa shape index (κ2) is 9.31. The number of methoxy groups -OCH3 is 2. The van der Waals surface area contributed by atoms with E-state index in [0.717, 1.165) is 5.56 Å². The number of ether oxygens (including phenoxy) is 3. The molecule has 1 atom stereocenters. The molecule has 2 aromatic carbocycles. The molecular weight excluding hydrogens is 338 g/mol. The molecule has 2 aromatic rings. The number of carbonyl (C=O) groups excluding carboxylic acids is 1. The lowest BCUT2D eigenvalue weighted by Crippen LogP contribution is -2.30. The summed E-state index contributed by atoms with van der Waals surface area (Å²) in [5.74, 6) is -0.0926. The van der Waals surface area contributed by atoms with Crippen LogP contribution in [0.15, 0.2) is 48.5 Å². The highest BCUT2D eigenvalue weighted by atomic mass is 16.5. The Hall–Kier alpha value is -3.22. The minimum absolute atomic E-state index is 0.0956. The van der Waals surface area contributed by atoms with Gasteiger partial charge in [-0.1, -0.05) is 36.4 Å². The maximum Gasteiger partial charge on any atom is 0.407 e. The molecule has 0 heterocycles.